The molecule has 7 heteroatoms. The van der Waals surface area contributed by atoms with E-state index in [2.05, 4.69) is 22.3 Å². The van der Waals surface area contributed by atoms with Crippen molar-refractivity contribution in [3.63, 3.8) is 0 Å². The number of nitrogens with one attached hydrogen (secondary N) is 1. The van der Waals surface area contributed by atoms with E-state index in [1.54, 1.807) is 12.1 Å². The predicted molar refractivity (Wildman–Crippen MR) is 115 cm³/mol. The fourth-order valence-corrected chi connectivity index (χ4v) is 3.90. The number of carbonyl (C=O) groups excluding carboxylic acids is 1. The lowest BCUT2D eigenvalue weighted by atomic mass is 9.97. The normalized spacial score (nSPS) is 16.4. The number of ether oxygens (including phenoxy) is 4. The van der Waals surface area contributed by atoms with Crippen molar-refractivity contribution in [1.82, 2.24) is 10.2 Å². The average Bonchev–Trinajstić information content (AvgIpc) is 2.79. The van der Waals surface area contributed by atoms with Crippen LogP contribution in [0, 0.1) is 0 Å². The van der Waals surface area contributed by atoms with Gasteiger partial charge in [0.2, 0.25) is 5.75 Å². The number of nitrogens with zero attached hydrogens (tertiary/aromatic N) is 1. The third kappa shape index (κ3) is 4.86. The molecule has 162 valence electrons. The number of methoxy groups -OCH3 is 3. The Morgan fingerprint density at radius 2 is 1.60 bits per heavy atom. The second kappa shape index (κ2) is 10.3. The Balaban J connectivity index is 1.85. The first-order valence-corrected chi connectivity index (χ1v) is 10.1. The Morgan fingerprint density at radius 1 is 1.00 bits per heavy atom. The van der Waals surface area contributed by atoms with Crippen molar-refractivity contribution in [3.8, 4) is 17.2 Å². The van der Waals surface area contributed by atoms with Gasteiger partial charge in [-0.2, -0.15) is 0 Å². The third-order valence-electron chi connectivity index (χ3n) is 5.34. The Hall–Kier alpha value is -2.77. The van der Waals surface area contributed by atoms with E-state index < -0.39 is 0 Å². The average molecular weight is 415 g/mol. The highest BCUT2D eigenvalue weighted by Crippen LogP contribution is 2.38. The van der Waals surface area contributed by atoms with Crippen LogP contribution in [0.1, 0.15) is 28.9 Å². The largest absolute Gasteiger partial charge is 0.493 e. The van der Waals surface area contributed by atoms with Crippen molar-refractivity contribution in [2.75, 3.05) is 47.6 Å². The minimum Gasteiger partial charge on any atom is -0.493 e. The molecule has 0 bridgehead atoms. The van der Waals surface area contributed by atoms with E-state index in [0.717, 1.165) is 18.7 Å². The molecule has 0 spiro atoms. The smallest absolute Gasteiger partial charge is 0.251 e. The maximum absolute atomic E-state index is 13.1. The third-order valence-corrected chi connectivity index (χ3v) is 5.34. The van der Waals surface area contributed by atoms with Gasteiger partial charge < -0.3 is 24.3 Å². The monoisotopic (exact) mass is 414 g/mol. The van der Waals surface area contributed by atoms with Gasteiger partial charge in [0.25, 0.3) is 5.91 Å². The highest BCUT2D eigenvalue weighted by molar-refractivity contribution is 5.95. The summed E-state index contributed by atoms with van der Waals surface area (Å²) in [5.74, 6) is 1.15. The fraction of sp³-hybridized carbons (Fsp3) is 0.435. The van der Waals surface area contributed by atoms with Gasteiger partial charge in [-0.1, -0.05) is 30.3 Å². The quantitative estimate of drug-likeness (QED) is 0.716. The second-order valence-corrected chi connectivity index (χ2v) is 7.18. The number of morpholine rings is 1. The highest BCUT2D eigenvalue weighted by atomic mass is 16.5. The van der Waals surface area contributed by atoms with Crippen molar-refractivity contribution >= 4 is 5.91 Å². The standard InChI is InChI=1S/C23H30N2O5/c1-16(21(17-8-6-5-7-9-17)25-10-12-30-13-11-25)24-23(26)18-14-19(27-2)22(29-4)20(15-18)28-3/h5-9,14-16,21H,10-13H2,1-4H3,(H,24,26)/t16-,21-/m0/s1. The van der Waals surface area contributed by atoms with Gasteiger partial charge in [-0.15, -0.1) is 0 Å². The molecule has 3 rings (SSSR count). The molecule has 2 aromatic carbocycles. The molecule has 7 nitrogen and oxygen atoms in total. The molecule has 1 aliphatic rings. The molecular formula is C23H30N2O5. The van der Waals surface area contributed by atoms with Crippen LogP contribution in [0.2, 0.25) is 0 Å². The Morgan fingerprint density at radius 3 is 2.13 bits per heavy atom. The molecule has 0 aromatic heterocycles. The zero-order valence-electron chi connectivity index (χ0n) is 18.0. The first-order chi connectivity index (χ1) is 14.6. The second-order valence-electron chi connectivity index (χ2n) is 7.18. The Labute approximate surface area is 177 Å². The molecule has 0 saturated carbocycles. The van der Waals surface area contributed by atoms with Crippen LogP contribution in [0.25, 0.3) is 0 Å². The summed E-state index contributed by atoms with van der Waals surface area (Å²) in [6, 6.07) is 13.5. The van der Waals surface area contributed by atoms with Crippen LogP contribution in [-0.2, 0) is 4.74 Å². The van der Waals surface area contributed by atoms with E-state index >= 15 is 0 Å². The van der Waals surface area contributed by atoms with E-state index in [0.29, 0.717) is 36.0 Å². The summed E-state index contributed by atoms with van der Waals surface area (Å²) in [4.78, 5) is 15.5. The van der Waals surface area contributed by atoms with Gasteiger partial charge in [-0.25, -0.2) is 0 Å². The molecule has 1 aliphatic heterocycles. The van der Waals surface area contributed by atoms with E-state index in [1.807, 2.05) is 25.1 Å². The zero-order valence-corrected chi connectivity index (χ0v) is 18.0. The zero-order chi connectivity index (χ0) is 21.5. The molecule has 0 unspecified atom stereocenters. The molecule has 1 heterocycles. The Bertz CT molecular complexity index is 812. The maximum Gasteiger partial charge on any atom is 0.251 e. The van der Waals surface area contributed by atoms with Gasteiger partial charge in [-0.3, -0.25) is 9.69 Å². The van der Waals surface area contributed by atoms with Crippen LogP contribution in [-0.4, -0.2) is 64.5 Å². The van der Waals surface area contributed by atoms with Crippen molar-refractivity contribution in [2.45, 2.75) is 19.0 Å². The molecule has 1 N–H and O–H groups in total. The summed E-state index contributed by atoms with van der Waals surface area (Å²) in [6.45, 7) is 5.06. The van der Waals surface area contributed by atoms with Gasteiger partial charge in [0, 0.05) is 24.7 Å². The SMILES string of the molecule is COc1cc(C(=O)N[C@@H](C)[C@@H](c2ccccc2)N2CCOCC2)cc(OC)c1OC. The van der Waals surface area contributed by atoms with Crippen molar-refractivity contribution in [1.29, 1.82) is 0 Å². The number of hydrogen-bond acceptors (Lipinski definition) is 6. The summed E-state index contributed by atoms with van der Waals surface area (Å²) in [6.07, 6.45) is 0. The Kier molecular flexibility index (Phi) is 7.54. The van der Waals surface area contributed by atoms with Crippen LogP contribution in [0.5, 0.6) is 17.2 Å². The summed E-state index contributed by atoms with van der Waals surface area (Å²) >= 11 is 0. The van der Waals surface area contributed by atoms with Crippen molar-refractivity contribution in [3.05, 3.63) is 53.6 Å². The van der Waals surface area contributed by atoms with Crippen LogP contribution >= 0.6 is 0 Å². The molecule has 2 atom stereocenters. The summed E-state index contributed by atoms with van der Waals surface area (Å²) in [5, 5.41) is 3.16. The van der Waals surface area contributed by atoms with Crippen LogP contribution in [0.15, 0.2) is 42.5 Å². The molecular weight excluding hydrogens is 384 g/mol. The first-order valence-electron chi connectivity index (χ1n) is 10.1. The molecule has 1 fully saturated rings. The fourth-order valence-electron chi connectivity index (χ4n) is 3.90. The topological polar surface area (TPSA) is 69.3 Å². The van der Waals surface area contributed by atoms with Crippen molar-refractivity contribution < 1.29 is 23.7 Å². The number of rotatable bonds is 8. The van der Waals surface area contributed by atoms with Gasteiger partial charge in [0.15, 0.2) is 11.5 Å². The number of hydrogen-bond donors (Lipinski definition) is 1. The molecule has 30 heavy (non-hydrogen) atoms. The lowest BCUT2D eigenvalue weighted by molar-refractivity contribution is 0.00888. The molecule has 1 saturated heterocycles. The lowest BCUT2D eigenvalue weighted by Gasteiger charge is -2.38. The van der Waals surface area contributed by atoms with Gasteiger partial charge >= 0.3 is 0 Å². The molecule has 0 radical (unpaired) electrons. The van der Waals surface area contributed by atoms with Crippen LogP contribution in [0.3, 0.4) is 0 Å². The molecule has 1 amide bonds. The lowest BCUT2D eigenvalue weighted by Crippen LogP contribution is -2.48. The predicted octanol–water partition coefficient (Wildman–Crippen LogP) is 2.90. The van der Waals surface area contributed by atoms with Crippen molar-refractivity contribution in [2.24, 2.45) is 0 Å². The summed E-state index contributed by atoms with van der Waals surface area (Å²) in [7, 11) is 4.60. The van der Waals surface area contributed by atoms with E-state index in [4.69, 9.17) is 18.9 Å². The van der Waals surface area contributed by atoms with Crippen LogP contribution < -0.4 is 19.5 Å². The number of carbonyl (C=O) groups is 1. The minimum atomic E-state index is -0.198. The number of benzene rings is 2. The van der Waals surface area contributed by atoms with E-state index in [-0.39, 0.29) is 18.0 Å². The van der Waals surface area contributed by atoms with Gasteiger partial charge in [-0.05, 0) is 24.6 Å². The highest BCUT2D eigenvalue weighted by Gasteiger charge is 2.29. The van der Waals surface area contributed by atoms with Crippen LogP contribution in [0.4, 0.5) is 0 Å². The molecule has 2 aromatic rings. The summed E-state index contributed by atoms with van der Waals surface area (Å²) in [5.41, 5.74) is 1.61. The first kappa shape index (κ1) is 21.9. The minimum absolute atomic E-state index is 0.0427. The number of amides is 1. The van der Waals surface area contributed by atoms with E-state index in [9.17, 15) is 4.79 Å². The van der Waals surface area contributed by atoms with E-state index in [1.165, 1.54) is 21.3 Å². The van der Waals surface area contributed by atoms with Gasteiger partial charge in [0.05, 0.1) is 40.6 Å². The maximum atomic E-state index is 13.1. The summed E-state index contributed by atoms with van der Waals surface area (Å²) < 4.78 is 21.6. The van der Waals surface area contributed by atoms with Gasteiger partial charge in [0.1, 0.15) is 0 Å². The molecule has 0 aliphatic carbocycles.